The van der Waals surface area contributed by atoms with E-state index < -0.39 is 0 Å². The van der Waals surface area contributed by atoms with Crippen LogP contribution in [0, 0.1) is 6.92 Å². The van der Waals surface area contributed by atoms with Crippen LogP contribution in [-0.4, -0.2) is 21.7 Å². The molecule has 1 fully saturated rings. The van der Waals surface area contributed by atoms with E-state index in [1.807, 2.05) is 13.8 Å². The Hall–Kier alpha value is -0.840. The molecular weight excluding hydrogens is 294 g/mol. The van der Waals surface area contributed by atoms with Gasteiger partial charge < -0.3 is 5.32 Å². The summed E-state index contributed by atoms with van der Waals surface area (Å²) >= 11 is 3.42. The molecule has 1 aliphatic rings. The maximum absolute atomic E-state index is 12.2. The third-order valence-electron chi connectivity index (χ3n) is 3.68. The standard InChI is InChI=1S/C13H20BrN3O/c1-9-12(14)8-15-17(9)10(2)13(18)16-11-6-4-3-5-7-11/h8,10-11H,3-7H2,1-2H3,(H,16,18). The highest BCUT2D eigenvalue weighted by molar-refractivity contribution is 9.10. The summed E-state index contributed by atoms with van der Waals surface area (Å²) in [6.07, 6.45) is 7.71. The van der Waals surface area contributed by atoms with Crippen LogP contribution in [0.1, 0.15) is 50.8 Å². The van der Waals surface area contributed by atoms with Gasteiger partial charge in [0.05, 0.1) is 16.4 Å². The first-order valence-electron chi connectivity index (χ1n) is 6.59. The summed E-state index contributed by atoms with van der Waals surface area (Å²) in [7, 11) is 0. The lowest BCUT2D eigenvalue weighted by molar-refractivity contribution is -0.125. The number of nitrogens with one attached hydrogen (secondary N) is 1. The third-order valence-corrected chi connectivity index (χ3v) is 4.46. The SMILES string of the molecule is Cc1c(Br)cnn1C(C)C(=O)NC1CCCCC1. The van der Waals surface area contributed by atoms with Crippen LogP contribution < -0.4 is 5.32 Å². The number of halogens is 1. The van der Waals surface area contributed by atoms with Crippen LogP contribution in [0.3, 0.4) is 0 Å². The Morgan fingerprint density at radius 3 is 2.72 bits per heavy atom. The Morgan fingerprint density at radius 2 is 2.17 bits per heavy atom. The van der Waals surface area contributed by atoms with Crippen LogP contribution >= 0.6 is 15.9 Å². The number of nitrogens with zero attached hydrogens (tertiary/aromatic N) is 2. The van der Waals surface area contributed by atoms with E-state index in [1.54, 1.807) is 10.9 Å². The molecular formula is C13H20BrN3O. The van der Waals surface area contributed by atoms with Gasteiger partial charge in [-0.1, -0.05) is 19.3 Å². The number of aromatic nitrogens is 2. The number of amides is 1. The summed E-state index contributed by atoms with van der Waals surface area (Å²) in [4.78, 5) is 12.2. The Balaban J connectivity index is 1.98. The molecule has 1 unspecified atom stereocenters. The smallest absolute Gasteiger partial charge is 0.244 e. The van der Waals surface area contributed by atoms with Gasteiger partial charge in [-0.3, -0.25) is 9.48 Å². The van der Waals surface area contributed by atoms with Gasteiger partial charge in [0, 0.05) is 6.04 Å². The maximum Gasteiger partial charge on any atom is 0.244 e. The van der Waals surface area contributed by atoms with E-state index >= 15 is 0 Å². The topological polar surface area (TPSA) is 46.9 Å². The zero-order chi connectivity index (χ0) is 13.1. The number of carbonyl (C=O) groups excluding carboxylic acids is 1. The molecule has 1 atom stereocenters. The van der Waals surface area contributed by atoms with Gasteiger partial charge in [0.15, 0.2) is 0 Å². The second-order valence-corrected chi connectivity index (χ2v) is 5.90. The van der Waals surface area contributed by atoms with Crippen LogP contribution in [0.5, 0.6) is 0 Å². The van der Waals surface area contributed by atoms with Crippen molar-refractivity contribution in [3.63, 3.8) is 0 Å². The first kappa shape index (κ1) is 13.6. The summed E-state index contributed by atoms with van der Waals surface area (Å²) in [5, 5.41) is 7.38. The number of carbonyl (C=O) groups is 1. The molecule has 1 amide bonds. The second kappa shape index (κ2) is 5.87. The number of hydrogen-bond acceptors (Lipinski definition) is 2. The molecule has 1 saturated carbocycles. The lowest BCUT2D eigenvalue weighted by atomic mass is 9.95. The lowest BCUT2D eigenvalue weighted by Gasteiger charge is -2.24. The Kier molecular flexibility index (Phi) is 4.43. The first-order valence-corrected chi connectivity index (χ1v) is 7.39. The highest BCUT2D eigenvalue weighted by Gasteiger charge is 2.22. The van der Waals surface area contributed by atoms with Crippen LogP contribution in [0.4, 0.5) is 0 Å². The van der Waals surface area contributed by atoms with Crippen molar-refractivity contribution < 1.29 is 4.79 Å². The molecule has 4 nitrogen and oxygen atoms in total. The van der Waals surface area contributed by atoms with Gasteiger partial charge >= 0.3 is 0 Å². The minimum atomic E-state index is -0.252. The fourth-order valence-corrected chi connectivity index (χ4v) is 2.75. The molecule has 5 heteroatoms. The van der Waals surface area contributed by atoms with Crippen molar-refractivity contribution in [3.8, 4) is 0 Å². The highest BCUT2D eigenvalue weighted by Crippen LogP contribution is 2.20. The summed E-state index contributed by atoms with van der Waals surface area (Å²) in [5.74, 6) is 0.0700. The predicted molar refractivity (Wildman–Crippen MR) is 74.4 cm³/mol. The third kappa shape index (κ3) is 2.94. The van der Waals surface area contributed by atoms with Crippen molar-refractivity contribution in [1.82, 2.24) is 15.1 Å². The van der Waals surface area contributed by atoms with Crippen LogP contribution in [0.15, 0.2) is 10.7 Å². The van der Waals surface area contributed by atoms with E-state index in [4.69, 9.17) is 0 Å². The zero-order valence-corrected chi connectivity index (χ0v) is 12.5. The van der Waals surface area contributed by atoms with Crippen molar-refractivity contribution in [3.05, 3.63) is 16.4 Å². The Bertz CT molecular complexity index is 424. The average Bonchev–Trinajstić information content (AvgIpc) is 2.70. The Labute approximate surface area is 116 Å². The van der Waals surface area contributed by atoms with Gasteiger partial charge in [0.2, 0.25) is 5.91 Å². The molecule has 1 aromatic heterocycles. The number of rotatable bonds is 3. The molecule has 0 bridgehead atoms. The normalized spacial score (nSPS) is 18.6. The molecule has 2 rings (SSSR count). The Morgan fingerprint density at radius 1 is 1.50 bits per heavy atom. The van der Waals surface area contributed by atoms with Crippen LogP contribution in [0.25, 0.3) is 0 Å². The lowest BCUT2D eigenvalue weighted by Crippen LogP contribution is -2.40. The van der Waals surface area contributed by atoms with E-state index in [0.717, 1.165) is 23.0 Å². The number of hydrogen-bond donors (Lipinski definition) is 1. The minimum absolute atomic E-state index is 0.0700. The second-order valence-electron chi connectivity index (χ2n) is 5.04. The molecule has 18 heavy (non-hydrogen) atoms. The first-order chi connectivity index (χ1) is 8.59. The largest absolute Gasteiger partial charge is 0.352 e. The van der Waals surface area contributed by atoms with Crippen molar-refractivity contribution in [1.29, 1.82) is 0 Å². The summed E-state index contributed by atoms with van der Waals surface area (Å²) in [6.45, 7) is 3.85. The van der Waals surface area contributed by atoms with E-state index in [2.05, 4.69) is 26.3 Å². The fraction of sp³-hybridized carbons (Fsp3) is 0.692. The molecule has 0 saturated heterocycles. The molecule has 1 aliphatic carbocycles. The van der Waals surface area contributed by atoms with Gasteiger partial charge in [-0.2, -0.15) is 5.10 Å². The van der Waals surface area contributed by atoms with Gasteiger partial charge in [-0.15, -0.1) is 0 Å². The maximum atomic E-state index is 12.2. The quantitative estimate of drug-likeness (QED) is 0.932. The summed E-state index contributed by atoms with van der Waals surface area (Å²) in [6, 6.07) is 0.103. The van der Waals surface area contributed by atoms with Crippen LogP contribution in [0.2, 0.25) is 0 Å². The predicted octanol–water partition coefficient (Wildman–Crippen LogP) is 2.96. The summed E-state index contributed by atoms with van der Waals surface area (Å²) < 4.78 is 2.71. The van der Waals surface area contributed by atoms with Gasteiger partial charge in [-0.05, 0) is 42.6 Å². The van der Waals surface area contributed by atoms with E-state index in [1.165, 1.54) is 19.3 Å². The van der Waals surface area contributed by atoms with Crippen molar-refractivity contribution in [2.45, 2.75) is 58.0 Å². The molecule has 0 aromatic carbocycles. The molecule has 1 heterocycles. The highest BCUT2D eigenvalue weighted by atomic mass is 79.9. The molecule has 0 spiro atoms. The molecule has 1 aromatic rings. The van der Waals surface area contributed by atoms with E-state index in [-0.39, 0.29) is 11.9 Å². The van der Waals surface area contributed by atoms with Crippen molar-refractivity contribution in [2.24, 2.45) is 0 Å². The van der Waals surface area contributed by atoms with Crippen molar-refractivity contribution >= 4 is 21.8 Å². The van der Waals surface area contributed by atoms with Gasteiger partial charge in [0.25, 0.3) is 0 Å². The monoisotopic (exact) mass is 313 g/mol. The zero-order valence-electron chi connectivity index (χ0n) is 10.9. The molecule has 0 radical (unpaired) electrons. The molecule has 1 N–H and O–H groups in total. The molecule has 0 aliphatic heterocycles. The minimum Gasteiger partial charge on any atom is -0.352 e. The fourth-order valence-electron chi connectivity index (χ4n) is 2.47. The summed E-state index contributed by atoms with van der Waals surface area (Å²) in [5.41, 5.74) is 0.987. The van der Waals surface area contributed by atoms with E-state index in [0.29, 0.717) is 6.04 Å². The average molecular weight is 314 g/mol. The van der Waals surface area contributed by atoms with Crippen molar-refractivity contribution in [2.75, 3.05) is 0 Å². The van der Waals surface area contributed by atoms with E-state index in [9.17, 15) is 4.79 Å². The van der Waals surface area contributed by atoms with Crippen LogP contribution in [-0.2, 0) is 4.79 Å². The van der Waals surface area contributed by atoms with Gasteiger partial charge in [-0.25, -0.2) is 0 Å². The molecule has 100 valence electrons. The van der Waals surface area contributed by atoms with Gasteiger partial charge in [0.1, 0.15) is 6.04 Å².